The molecule has 0 saturated carbocycles. The van der Waals surface area contributed by atoms with E-state index in [0.29, 0.717) is 0 Å². The molecule has 3 aromatic rings. The highest BCUT2D eigenvalue weighted by atomic mass is 32.1. The first-order valence-corrected chi connectivity index (χ1v) is 8.85. The summed E-state index contributed by atoms with van der Waals surface area (Å²) in [5, 5.41) is 11.3. The fraction of sp³-hybridized carbons (Fsp3) is 0.211. The van der Waals surface area contributed by atoms with Crippen LogP contribution in [0.3, 0.4) is 0 Å². The Hall–Kier alpha value is -2.57. The Morgan fingerprint density at radius 2 is 1.84 bits per heavy atom. The molecule has 0 unspecified atom stereocenters. The van der Waals surface area contributed by atoms with Crippen LogP contribution in [0.15, 0.2) is 54.2 Å². The highest BCUT2D eigenvalue weighted by Gasteiger charge is 2.10. The van der Waals surface area contributed by atoms with Crippen molar-refractivity contribution in [2.24, 2.45) is 0 Å². The van der Waals surface area contributed by atoms with Gasteiger partial charge in [-0.15, -0.1) is 11.3 Å². The third kappa shape index (κ3) is 4.71. The number of nitrogens with zero attached hydrogens (tertiary/aromatic N) is 3. The Morgan fingerprint density at radius 1 is 1.12 bits per heavy atom. The smallest absolute Gasteiger partial charge is 0.355 e. The number of carboxylic acids is 1. The van der Waals surface area contributed by atoms with E-state index in [4.69, 9.17) is 5.11 Å². The van der Waals surface area contributed by atoms with E-state index in [9.17, 15) is 4.79 Å². The van der Waals surface area contributed by atoms with Crippen molar-refractivity contribution in [1.29, 1.82) is 0 Å². The third-order valence-electron chi connectivity index (χ3n) is 3.91. The van der Waals surface area contributed by atoms with E-state index < -0.39 is 5.97 Å². The number of benzene rings is 1. The molecule has 128 valence electrons. The molecule has 2 aromatic heterocycles. The van der Waals surface area contributed by atoms with Gasteiger partial charge in [-0.3, -0.25) is 4.98 Å². The number of pyridine rings is 1. The lowest BCUT2D eigenvalue weighted by Crippen LogP contribution is -2.20. The molecule has 0 aliphatic heterocycles. The molecule has 0 atom stereocenters. The quantitative estimate of drug-likeness (QED) is 0.703. The molecule has 0 spiro atoms. The second kappa shape index (κ2) is 8.00. The zero-order valence-electron chi connectivity index (χ0n) is 13.9. The summed E-state index contributed by atoms with van der Waals surface area (Å²) in [6.07, 6.45) is 4.64. The van der Waals surface area contributed by atoms with Crippen LogP contribution in [0.5, 0.6) is 0 Å². The van der Waals surface area contributed by atoms with Gasteiger partial charge in [0.25, 0.3) is 0 Å². The van der Waals surface area contributed by atoms with Crippen molar-refractivity contribution >= 4 is 17.3 Å². The average Bonchev–Trinajstić information content (AvgIpc) is 3.12. The van der Waals surface area contributed by atoms with Crippen molar-refractivity contribution in [2.45, 2.75) is 13.0 Å². The molecule has 25 heavy (non-hydrogen) atoms. The Labute approximate surface area is 150 Å². The summed E-state index contributed by atoms with van der Waals surface area (Å²) in [6.45, 7) is 1.84. The number of hydrogen-bond acceptors (Lipinski definition) is 5. The van der Waals surface area contributed by atoms with Crippen molar-refractivity contribution < 1.29 is 9.90 Å². The molecule has 0 amide bonds. The molecule has 5 nitrogen and oxygen atoms in total. The number of thiazole rings is 1. The van der Waals surface area contributed by atoms with Gasteiger partial charge in [-0.25, -0.2) is 9.78 Å². The van der Waals surface area contributed by atoms with Crippen LogP contribution in [0.2, 0.25) is 0 Å². The van der Waals surface area contributed by atoms with Crippen LogP contribution in [0.1, 0.15) is 21.6 Å². The van der Waals surface area contributed by atoms with Crippen LogP contribution in [-0.4, -0.2) is 39.5 Å². The van der Waals surface area contributed by atoms with Gasteiger partial charge in [0, 0.05) is 36.4 Å². The number of rotatable bonds is 7. The summed E-state index contributed by atoms with van der Waals surface area (Å²) in [7, 11) is 2.11. The van der Waals surface area contributed by atoms with E-state index in [2.05, 4.69) is 34.0 Å². The van der Waals surface area contributed by atoms with Gasteiger partial charge in [-0.05, 0) is 36.7 Å². The fourth-order valence-corrected chi connectivity index (χ4v) is 3.32. The number of carboxylic acid groups (broad SMARTS) is 1. The SMILES string of the molecule is CN(CCc1ccncc1)Cc1ccc(-c2nc(C(=O)O)cs2)cc1. The standard InChI is InChI=1S/C19H19N3O2S/c1-22(11-8-14-6-9-20-10-7-14)12-15-2-4-16(5-3-15)18-21-17(13-25-18)19(23)24/h2-7,9-10,13H,8,11-12H2,1H3,(H,23,24). The van der Waals surface area contributed by atoms with Gasteiger partial charge in [0.2, 0.25) is 0 Å². The predicted molar refractivity (Wildman–Crippen MR) is 98.8 cm³/mol. The van der Waals surface area contributed by atoms with Crippen LogP contribution in [0, 0.1) is 0 Å². The monoisotopic (exact) mass is 353 g/mol. The third-order valence-corrected chi connectivity index (χ3v) is 4.80. The number of hydrogen-bond donors (Lipinski definition) is 1. The van der Waals surface area contributed by atoms with Gasteiger partial charge in [0.1, 0.15) is 5.01 Å². The van der Waals surface area contributed by atoms with Gasteiger partial charge in [0.05, 0.1) is 0 Å². The first-order chi connectivity index (χ1) is 12.1. The van der Waals surface area contributed by atoms with E-state index in [1.54, 1.807) is 5.38 Å². The molecule has 0 bridgehead atoms. The number of aromatic carboxylic acids is 1. The second-order valence-corrected chi connectivity index (χ2v) is 6.74. The van der Waals surface area contributed by atoms with Crippen molar-refractivity contribution in [3.8, 4) is 10.6 Å². The maximum Gasteiger partial charge on any atom is 0.355 e. The van der Waals surface area contributed by atoms with Crippen LogP contribution in [-0.2, 0) is 13.0 Å². The van der Waals surface area contributed by atoms with E-state index >= 15 is 0 Å². The van der Waals surface area contributed by atoms with E-state index in [0.717, 1.165) is 30.1 Å². The molecule has 0 fully saturated rings. The summed E-state index contributed by atoms with van der Waals surface area (Å²) in [6, 6.07) is 12.2. The Morgan fingerprint density at radius 3 is 2.48 bits per heavy atom. The normalized spacial score (nSPS) is 11.0. The van der Waals surface area contributed by atoms with Crippen LogP contribution in [0.4, 0.5) is 0 Å². The maximum absolute atomic E-state index is 10.9. The Kier molecular flexibility index (Phi) is 5.53. The minimum absolute atomic E-state index is 0.0971. The predicted octanol–water partition coefficient (Wildman–Crippen LogP) is 3.58. The first-order valence-electron chi connectivity index (χ1n) is 7.97. The van der Waals surface area contributed by atoms with Gasteiger partial charge >= 0.3 is 5.97 Å². The molecule has 6 heteroatoms. The van der Waals surface area contributed by atoms with Gasteiger partial charge in [0.15, 0.2) is 5.69 Å². The van der Waals surface area contributed by atoms with Crippen LogP contribution < -0.4 is 0 Å². The minimum atomic E-state index is -0.991. The lowest BCUT2D eigenvalue weighted by atomic mass is 10.1. The highest BCUT2D eigenvalue weighted by molar-refractivity contribution is 7.13. The molecule has 2 heterocycles. The van der Waals surface area contributed by atoms with E-state index in [1.165, 1.54) is 22.5 Å². The summed E-state index contributed by atoms with van der Waals surface area (Å²) < 4.78 is 0. The first kappa shape index (κ1) is 17.3. The molecule has 1 aromatic carbocycles. The van der Waals surface area contributed by atoms with Crippen LogP contribution >= 0.6 is 11.3 Å². The largest absolute Gasteiger partial charge is 0.476 e. The van der Waals surface area contributed by atoms with Gasteiger partial charge < -0.3 is 10.0 Å². The van der Waals surface area contributed by atoms with Gasteiger partial charge in [-0.1, -0.05) is 24.3 Å². The zero-order chi connectivity index (χ0) is 17.6. The Balaban J connectivity index is 1.57. The minimum Gasteiger partial charge on any atom is -0.476 e. The average molecular weight is 353 g/mol. The highest BCUT2D eigenvalue weighted by Crippen LogP contribution is 2.24. The molecule has 0 aliphatic carbocycles. The molecule has 0 radical (unpaired) electrons. The van der Waals surface area contributed by atoms with Crippen molar-refractivity contribution in [3.63, 3.8) is 0 Å². The lowest BCUT2D eigenvalue weighted by molar-refractivity contribution is 0.0691. The Bertz CT molecular complexity index is 831. The van der Waals surface area contributed by atoms with E-state index in [1.807, 2.05) is 36.7 Å². The van der Waals surface area contributed by atoms with Crippen molar-refractivity contribution in [2.75, 3.05) is 13.6 Å². The number of aromatic nitrogens is 2. The molecule has 0 aliphatic rings. The fourth-order valence-electron chi connectivity index (χ4n) is 2.52. The summed E-state index contributed by atoms with van der Waals surface area (Å²) >= 11 is 1.35. The lowest BCUT2D eigenvalue weighted by Gasteiger charge is -2.16. The van der Waals surface area contributed by atoms with Crippen molar-refractivity contribution in [3.05, 3.63) is 71.0 Å². The van der Waals surface area contributed by atoms with Crippen LogP contribution in [0.25, 0.3) is 10.6 Å². The molecule has 0 saturated heterocycles. The zero-order valence-corrected chi connectivity index (χ0v) is 14.7. The molecular weight excluding hydrogens is 334 g/mol. The van der Waals surface area contributed by atoms with Crippen molar-refractivity contribution in [1.82, 2.24) is 14.9 Å². The summed E-state index contributed by atoms with van der Waals surface area (Å²) in [4.78, 5) is 21.4. The van der Waals surface area contributed by atoms with Gasteiger partial charge in [-0.2, -0.15) is 0 Å². The molecule has 3 rings (SSSR count). The second-order valence-electron chi connectivity index (χ2n) is 5.88. The topological polar surface area (TPSA) is 66.3 Å². The molecular formula is C19H19N3O2S. The summed E-state index contributed by atoms with van der Waals surface area (Å²) in [5.41, 5.74) is 3.55. The summed E-state index contributed by atoms with van der Waals surface area (Å²) in [5.74, 6) is -0.991. The van der Waals surface area contributed by atoms with E-state index in [-0.39, 0.29) is 5.69 Å². The molecule has 1 N–H and O–H groups in total. The number of likely N-dealkylation sites (N-methyl/N-ethyl adjacent to an activating group) is 1. The number of carbonyl (C=O) groups is 1. The maximum atomic E-state index is 10.9.